The molecule has 0 heterocycles. The van der Waals surface area contributed by atoms with Gasteiger partial charge >= 0.3 is 0 Å². The van der Waals surface area contributed by atoms with Crippen LogP contribution >= 0.6 is 0 Å². The molecule has 2 rings (SSSR count). The van der Waals surface area contributed by atoms with Crippen molar-refractivity contribution in [2.75, 3.05) is 7.11 Å². The number of rotatable bonds is 5. The quantitative estimate of drug-likeness (QED) is 0.890. The van der Waals surface area contributed by atoms with Crippen LogP contribution in [0.4, 0.5) is 0 Å². The lowest BCUT2D eigenvalue weighted by atomic mass is 10.0. The van der Waals surface area contributed by atoms with E-state index in [-0.39, 0.29) is 10.9 Å². The molecule has 0 fully saturated rings. The third-order valence-corrected chi connectivity index (χ3v) is 5.89. The molecule has 5 heteroatoms. The first-order chi connectivity index (χ1) is 11.2. The summed E-state index contributed by atoms with van der Waals surface area (Å²) in [5.74, 6) is 0.689. The van der Waals surface area contributed by atoms with Gasteiger partial charge in [-0.1, -0.05) is 23.8 Å². The van der Waals surface area contributed by atoms with Crippen molar-refractivity contribution in [1.82, 2.24) is 4.72 Å². The van der Waals surface area contributed by atoms with Gasteiger partial charge in [-0.25, -0.2) is 13.1 Å². The Morgan fingerprint density at radius 3 is 2.21 bits per heavy atom. The Balaban J connectivity index is 2.36. The maximum atomic E-state index is 12.8. The molecule has 4 nitrogen and oxygen atoms in total. The molecule has 0 aliphatic rings. The lowest BCUT2D eigenvalue weighted by Gasteiger charge is -2.19. The van der Waals surface area contributed by atoms with Gasteiger partial charge in [0.1, 0.15) is 5.75 Å². The molecule has 0 spiro atoms. The number of nitrogens with one attached hydrogen (secondary N) is 1. The Morgan fingerprint density at radius 2 is 1.62 bits per heavy atom. The second-order valence-electron chi connectivity index (χ2n) is 6.29. The third-order valence-electron chi connectivity index (χ3n) is 4.21. The molecule has 0 amide bonds. The maximum Gasteiger partial charge on any atom is 0.241 e. The van der Waals surface area contributed by atoms with Crippen LogP contribution in [0.15, 0.2) is 35.2 Å². The summed E-state index contributed by atoms with van der Waals surface area (Å²) in [6, 6.07) is 9.14. The van der Waals surface area contributed by atoms with Crippen LogP contribution in [0.25, 0.3) is 0 Å². The molecular weight excluding hydrogens is 322 g/mol. The zero-order chi connectivity index (χ0) is 18.1. The summed E-state index contributed by atoms with van der Waals surface area (Å²) in [7, 11) is -2.04. The first-order valence-corrected chi connectivity index (χ1v) is 9.38. The molecule has 0 radical (unpaired) electrons. The Bertz CT molecular complexity index is 857. The number of hydrogen-bond acceptors (Lipinski definition) is 3. The predicted octanol–water partition coefficient (Wildman–Crippen LogP) is 3.97. The molecule has 2 aromatic carbocycles. The standard InChI is InChI=1S/C19H25NO3S/c1-12-7-8-17(13(2)9-12)16(5)20-24(21,22)19-11-14(3)18(23-6)10-15(19)4/h7-11,16,20H,1-6H3/t16-/m0/s1. The average molecular weight is 347 g/mol. The molecule has 0 saturated heterocycles. The van der Waals surface area contributed by atoms with Gasteiger partial charge in [-0.15, -0.1) is 0 Å². The van der Waals surface area contributed by atoms with Crippen LogP contribution in [0, 0.1) is 27.7 Å². The van der Waals surface area contributed by atoms with E-state index in [1.165, 1.54) is 0 Å². The molecule has 2 aromatic rings. The molecule has 1 atom stereocenters. The van der Waals surface area contributed by atoms with Crippen LogP contribution in [-0.2, 0) is 10.0 Å². The van der Waals surface area contributed by atoms with Crippen LogP contribution in [0.5, 0.6) is 5.75 Å². The highest BCUT2D eigenvalue weighted by molar-refractivity contribution is 7.89. The van der Waals surface area contributed by atoms with Crippen molar-refractivity contribution in [2.45, 2.75) is 45.6 Å². The Labute approximate surface area is 144 Å². The van der Waals surface area contributed by atoms with Gasteiger partial charge in [0.15, 0.2) is 0 Å². The van der Waals surface area contributed by atoms with E-state index in [9.17, 15) is 8.42 Å². The fraction of sp³-hybridized carbons (Fsp3) is 0.368. The number of methoxy groups -OCH3 is 1. The van der Waals surface area contributed by atoms with Gasteiger partial charge in [0.05, 0.1) is 12.0 Å². The summed E-state index contributed by atoms with van der Waals surface area (Å²) < 4.78 is 33.7. The minimum absolute atomic E-state index is 0.289. The highest BCUT2D eigenvalue weighted by Crippen LogP contribution is 2.27. The minimum atomic E-state index is -3.62. The Hall–Kier alpha value is -1.85. The predicted molar refractivity (Wildman–Crippen MR) is 97.1 cm³/mol. The number of sulfonamides is 1. The van der Waals surface area contributed by atoms with Crippen molar-refractivity contribution in [3.63, 3.8) is 0 Å². The van der Waals surface area contributed by atoms with Gasteiger partial charge in [-0.05, 0) is 69.0 Å². The average Bonchev–Trinajstić information content (AvgIpc) is 2.48. The van der Waals surface area contributed by atoms with E-state index < -0.39 is 10.0 Å². The Morgan fingerprint density at radius 1 is 0.958 bits per heavy atom. The molecule has 0 aliphatic carbocycles. The maximum absolute atomic E-state index is 12.8. The van der Waals surface area contributed by atoms with E-state index >= 15 is 0 Å². The highest BCUT2D eigenvalue weighted by atomic mass is 32.2. The van der Waals surface area contributed by atoms with Crippen LogP contribution in [0.2, 0.25) is 0 Å². The first kappa shape index (κ1) is 18.5. The van der Waals surface area contributed by atoms with Gasteiger partial charge in [0, 0.05) is 6.04 Å². The van der Waals surface area contributed by atoms with Crippen LogP contribution in [-0.4, -0.2) is 15.5 Å². The van der Waals surface area contributed by atoms with Gasteiger partial charge in [-0.3, -0.25) is 0 Å². The summed E-state index contributed by atoms with van der Waals surface area (Å²) in [5, 5.41) is 0. The smallest absolute Gasteiger partial charge is 0.241 e. The summed E-state index contributed by atoms with van der Waals surface area (Å²) in [5.41, 5.74) is 4.67. The van der Waals surface area contributed by atoms with Crippen molar-refractivity contribution in [3.05, 3.63) is 58.1 Å². The summed E-state index contributed by atoms with van der Waals surface area (Å²) in [6.45, 7) is 9.50. The summed E-state index contributed by atoms with van der Waals surface area (Å²) in [4.78, 5) is 0.289. The van der Waals surface area contributed by atoms with Crippen LogP contribution in [0.1, 0.15) is 40.8 Å². The van der Waals surface area contributed by atoms with E-state index in [0.29, 0.717) is 11.3 Å². The third kappa shape index (κ3) is 3.79. The van der Waals surface area contributed by atoms with Gasteiger partial charge in [-0.2, -0.15) is 0 Å². The van der Waals surface area contributed by atoms with Crippen LogP contribution in [0.3, 0.4) is 0 Å². The molecule has 0 aromatic heterocycles. The Kier molecular flexibility index (Phi) is 5.35. The van der Waals surface area contributed by atoms with Gasteiger partial charge in [0.2, 0.25) is 10.0 Å². The summed E-state index contributed by atoms with van der Waals surface area (Å²) in [6.07, 6.45) is 0. The zero-order valence-corrected chi connectivity index (χ0v) is 15.9. The van der Waals surface area contributed by atoms with Crippen molar-refractivity contribution in [1.29, 1.82) is 0 Å². The topological polar surface area (TPSA) is 55.4 Å². The molecular formula is C19H25NO3S. The van der Waals surface area contributed by atoms with Gasteiger partial charge in [0.25, 0.3) is 0 Å². The normalized spacial score (nSPS) is 12.9. The van der Waals surface area contributed by atoms with Crippen molar-refractivity contribution >= 4 is 10.0 Å². The zero-order valence-electron chi connectivity index (χ0n) is 15.1. The largest absolute Gasteiger partial charge is 0.496 e. The number of aryl methyl sites for hydroxylation is 4. The van der Waals surface area contributed by atoms with Crippen molar-refractivity contribution < 1.29 is 13.2 Å². The van der Waals surface area contributed by atoms with Crippen LogP contribution < -0.4 is 9.46 Å². The number of benzene rings is 2. The van der Waals surface area contributed by atoms with E-state index in [2.05, 4.69) is 10.8 Å². The molecule has 24 heavy (non-hydrogen) atoms. The molecule has 0 bridgehead atoms. The van der Waals surface area contributed by atoms with Crippen molar-refractivity contribution in [2.24, 2.45) is 0 Å². The molecule has 130 valence electrons. The van der Waals surface area contributed by atoms with E-state index in [1.807, 2.05) is 39.8 Å². The monoisotopic (exact) mass is 347 g/mol. The number of hydrogen-bond donors (Lipinski definition) is 1. The fourth-order valence-electron chi connectivity index (χ4n) is 2.94. The van der Waals surface area contributed by atoms with E-state index in [1.54, 1.807) is 26.2 Å². The van der Waals surface area contributed by atoms with Gasteiger partial charge < -0.3 is 4.74 Å². The molecule has 0 unspecified atom stereocenters. The van der Waals surface area contributed by atoms with Crippen molar-refractivity contribution in [3.8, 4) is 5.75 Å². The first-order valence-electron chi connectivity index (χ1n) is 7.90. The minimum Gasteiger partial charge on any atom is -0.496 e. The lowest BCUT2D eigenvalue weighted by Crippen LogP contribution is -2.28. The summed E-state index contributed by atoms with van der Waals surface area (Å²) >= 11 is 0. The molecule has 0 saturated carbocycles. The molecule has 1 N–H and O–H groups in total. The SMILES string of the molecule is COc1cc(C)c(S(=O)(=O)N[C@@H](C)c2ccc(C)cc2C)cc1C. The molecule has 0 aliphatic heterocycles. The lowest BCUT2D eigenvalue weighted by molar-refractivity contribution is 0.411. The fourth-order valence-corrected chi connectivity index (χ4v) is 4.48. The van der Waals surface area contributed by atoms with E-state index in [0.717, 1.165) is 22.3 Å². The van der Waals surface area contributed by atoms with E-state index in [4.69, 9.17) is 4.74 Å². The number of ether oxygens (including phenoxy) is 1. The second kappa shape index (κ2) is 6.95. The highest BCUT2D eigenvalue weighted by Gasteiger charge is 2.22. The second-order valence-corrected chi connectivity index (χ2v) is 7.97.